The normalized spacial score (nSPS) is 19.6. The van der Waals surface area contributed by atoms with Gasteiger partial charge in [0.15, 0.2) is 6.29 Å². The van der Waals surface area contributed by atoms with E-state index in [0.29, 0.717) is 6.42 Å². The Balaban J connectivity index is 2.02. The number of nitrogens with one attached hydrogen (secondary N) is 1. The van der Waals surface area contributed by atoms with Crippen LogP contribution in [0.4, 0.5) is 0 Å². The standard InChI is InChI=1S/C66H115NO8/c1-3-5-7-9-11-13-15-16-17-18-19-20-21-22-23-24-25-26-27-28-29-30-31-32-33-34-35-36-37-38-39-40-41-42-43-44-46-48-50-52-54-56-62(70)67-59(58-74-66-65(73)64(72)63(71)61(57-68)75-66)60(69)55-53-51-49-47-45-14-12-10-8-6-4-2/h5,7-8,10-11,13,16-17,19-20,22-23,45,47,53,55,59-61,63-66,68-69,71-73H,3-4,6,9,12,14-15,18,21,24-44,46,48-52,54,56-58H2,1-2H3,(H,67,70)/b7-5-,10-8+,13-11-,17-16-,20-19-,23-22-,47-45+,55-53+. The smallest absolute Gasteiger partial charge is 0.220 e. The topological polar surface area (TPSA) is 149 Å². The number of rotatable bonds is 52. The molecule has 1 heterocycles. The first-order chi connectivity index (χ1) is 36.8. The van der Waals surface area contributed by atoms with Gasteiger partial charge in [-0.3, -0.25) is 4.79 Å². The highest BCUT2D eigenvalue weighted by molar-refractivity contribution is 5.76. The second-order valence-corrected chi connectivity index (χ2v) is 21.1. The average molecular weight is 1050 g/mol. The second kappa shape index (κ2) is 54.5. The first-order valence-electron chi connectivity index (χ1n) is 31.0. The van der Waals surface area contributed by atoms with E-state index in [1.807, 2.05) is 6.08 Å². The van der Waals surface area contributed by atoms with Crippen molar-refractivity contribution in [2.24, 2.45) is 0 Å². The third kappa shape index (κ3) is 43.7. The molecular weight excluding hydrogens is 935 g/mol. The summed E-state index contributed by atoms with van der Waals surface area (Å²) in [7, 11) is 0. The monoisotopic (exact) mass is 1050 g/mol. The Morgan fingerprint density at radius 3 is 1.27 bits per heavy atom. The minimum absolute atomic E-state index is 0.192. The Morgan fingerprint density at radius 1 is 0.467 bits per heavy atom. The van der Waals surface area contributed by atoms with E-state index in [-0.39, 0.29) is 12.5 Å². The van der Waals surface area contributed by atoms with Crippen molar-refractivity contribution in [3.63, 3.8) is 0 Å². The first-order valence-corrected chi connectivity index (χ1v) is 31.0. The fraction of sp³-hybridized carbons (Fsp3) is 0.742. The Labute approximate surface area is 460 Å². The van der Waals surface area contributed by atoms with Gasteiger partial charge in [0, 0.05) is 6.42 Å². The van der Waals surface area contributed by atoms with Gasteiger partial charge in [0.2, 0.25) is 5.91 Å². The molecule has 7 atom stereocenters. The SMILES string of the molecule is CC/C=C\C/C=C\C/C=C\C/C=C\C/C=C\CCCCCCCCCCCCCCCCCCCCCCCCCCCC(=O)NC(COC1OC(CO)C(O)C(O)C1O)C(O)/C=C/CC/C=C/CC/C=C/CCC. The van der Waals surface area contributed by atoms with Crippen LogP contribution in [0, 0.1) is 0 Å². The minimum atomic E-state index is -1.58. The Hall–Kier alpha value is -2.89. The summed E-state index contributed by atoms with van der Waals surface area (Å²) in [6.07, 6.45) is 72.4. The maximum Gasteiger partial charge on any atom is 0.220 e. The van der Waals surface area contributed by atoms with Crippen LogP contribution in [-0.4, -0.2) is 87.5 Å². The lowest BCUT2D eigenvalue weighted by Gasteiger charge is -2.40. The largest absolute Gasteiger partial charge is 0.394 e. The van der Waals surface area contributed by atoms with Gasteiger partial charge in [-0.25, -0.2) is 0 Å². The molecule has 0 spiro atoms. The van der Waals surface area contributed by atoms with Crippen molar-refractivity contribution in [3.05, 3.63) is 97.2 Å². The van der Waals surface area contributed by atoms with Crippen molar-refractivity contribution in [1.82, 2.24) is 5.32 Å². The molecule has 1 saturated heterocycles. The molecule has 6 N–H and O–H groups in total. The molecule has 1 amide bonds. The van der Waals surface area contributed by atoms with E-state index in [9.17, 15) is 30.3 Å². The molecule has 1 aliphatic heterocycles. The summed E-state index contributed by atoms with van der Waals surface area (Å²) in [5, 5.41) is 54.3. The number of allylic oxidation sites excluding steroid dienone is 15. The van der Waals surface area contributed by atoms with Crippen LogP contribution < -0.4 is 5.32 Å². The maximum atomic E-state index is 13.0. The number of unbranched alkanes of at least 4 members (excludes halogenated alkanes) is 28. The van der Waals surface area contributed by atoms with Crippen LogP contribution in [0.25, 0.3) is 0 Å². The van der Waals surface area contributed by atoms with Crippen LogP contribution in [0.15, 0.2) is 97.2 Å². The molecule has 432 valence electrons. The number of aliphatic hydroxyl groups excluding tert-OH is 5. The van der Waals surface area contributed by atoms with E-state index in [1.165, 1.54) is 148 Å². The lowest BCUT2D eigenvalue weighted by atomic mass is 9.99. The Kier molecular flexibility index (Phi) is 50.9. The summed E-state index contributed by atoms with van der Waals surface area (Å²) in [5.41, 5.74) is 0. The predicted octanol–water partition coefficient (Wildman–Crippen LogP) is 16.0. The molecule has 0 aromatic heterocycles. The molecule has 0 aromatic rings. The van der Waals surface area contributed by atoms with Crippen molar-refractivity contribution in [3.8, 4) is 0 Å². The van der Waals surface area contributed by atoms with Gasteiger partial charge in [0.1, 0.15) is 24.4 Å². The van der Waals surface area contributed by atoms with Gasteiger partial charge in [-0.2, -0.15) is 0 Å². The van der Waals surface area contributed by atoms with E-state index < -0.39 is 49.5 Å². The zero-order valence-corrected chi connectivity index (χ0v) is 48.0. The van der Waals surface area contributed by atoms with Gasteiger partial charge in [-0.15, -0.1) is 0 Å². The van der Waals surface area contributed by atoms with Gasteiger partial charge in [0.25, 0.3) is 0 Å². The van der Waals surface area contributed by atoms with E-state index >= 15 is 0 Å². The molecule has 0 saturated carbocycles. The fourth-order valence-corrected chi connectivity index (χ4v) is 9.28. The van der Waals surface area contributed by atoms with Crippen LogP contribution in [-0.2, 0) is 14.3 Å². The lowest BCUT2D eigenvalue weighted by Crippen LogP contribution is -2.60. The Bertz CT molecular complexity index is 1500. The average Bonchev–Trinajstić information content (AvgIpc) is 3.41. The van der Waals surface area contributed by atoms with E-state index in [0.717, 1.165) is 89.9 Å². The summed E-state index contributed by atoms with van der Waals surface area (Å²) in [4.78, 5) is 13.0. The number of aliphatic hydroxyl groups is 5. The first kappa shape index (κ1) is 70.1. The summed E-state index contributed by atoms with van der Waals surface area (Å²) >= 11 is 0. The molecule has 9 nitrogen and oxygen atoms in total. The number of hydrogen-bond donors (Lipinski definition) is 6. The molecule has 75 heavy (non-hydrogen) atoms. The molecule has 9 heteroatoms. The van der Waals surface area contributed by atoms with Crippen LogP contribution in [0.1, 0.15) is 258 Å². The van der Waals surface area contributed by atoms with Crippen LogP contribution in [0.3, 0.4) is 0 Å². The Morgan fingerprint density at radius 2 is 0.840 bits per heavy atom. The molecule has 1 aliphatic rings. The van der Waals surface area contributed by atoms with Crippen LogP contribution in [0.2, 0.25) is 0 Å². The molecule has 1 fully saturated rings. The number of carbonyl (C=O) groups is 1. The highest BCUT2D eigenvalue weighted by Crippen LogP contribution is 2.23. The summed E-state index contributed by atoms with van der Waals surface area (Å²) in [5.74, 6) is -0.192. The van der Waals surface area contributed by atoms with Crippen molar-refractivity contribution < 1.29 is 39.8 Å². The fourth-order valence-electron chi connectivity index (χ4n) is 9.28. The summed E-state index contributed by atoms with van der Waals surface area (Å²) in [6, 6.07) is -0.829. The number of amides is 1. The maximum absolute atomic E-state index is 13.0. The molecule has 0 radical (unpaired) electrons. The zero-order chi connectivity index (χ0) is 54.3. The van der Waals surface area contributed by atoms with Crippen molar-refractivity contribution >= 4 is 5.91 Å². The van der Waals surface area contributed by atoms with Crippen LogP contribution >= 0.6 is 0 Å². The molecule has 7 unspecified atom stereocenters. The lowest BCUT2D eigenvalue weighted by molar-refractivity contribution is -0.302. The third-order valence-corrected chi connectivity index (χ3v) is 14.1. The predicted molar refractivity (Wildman–Crippen MR) is 318 cm³/mol. The highest BCUT2D eigenvalue weighted by Gasteiger charge is 2.44. The van der Waals surface area contributed by atoms with Gasteiger partial charge in [-0.05, 0) is 83.5 Å². The second-order valence-electron chi connectivity index (χ2n) is 21.1. The van der Waals surface area contributed by atoms with Gasteiger partial charge >= 0.3 is 0 Å². The van der Waals surface area contributed by atoms with Crippen molar-refractivity contribution in [1.29, 1.82) is 0 Å². The summed E-state index contributed by atoms with van der Waals surface area (Å²) < 4.78 is 11.2. The summed E-state index contributed by atoms with van der Waals surface area (Å²) in [6.45, 7) is 3.56. The van der Waals surface area contributed by atoms with Gasteiger partial charge < -0.3 is 40.3 Å². The quantitative estimate of drug-likeness (QED) is 0.0261. The third-order valence-electron chi connectivity index (χ3n) is 14.1. The molecule has 0 aromatic carbocycles. The molecule has 1 rings (SSSR count). The minimum Gasteiger partial charge on any atom is -0.394 e. The molecule has 0 aliphatic carbocycles. The van der Waals surface area contributed by atoms with E-state index in [1.54, 1.807) is 6.08 Å². The van der Waals surface area contributed by atoms with E-state index in [2.05, 4.69) is 104 Å². The van der Waals surface area contributed by atoms with Crippen molar-refractivity contribution in [2.75, 3.05) is 13.2 Å². The van der Waals surface area contributed by atoms with E-state index in [4.69, 9.17) is 9.47 Å². The molecular formula is C66H115NO8. The number of ether oxygens (including phenoxy) is 2. The molecule has 0 bridgehead atoms. The zero-order valence-electron chi connectivity index (χ0n) is 48.0. The highest BCUT2D eigenvalue weighted by atomic mass is 16.7. The number of hydrogen-bond acceptors (Lipinski definition) is 8. The van der Waals surface area contributed by atoms with Gasteiger partial charge in [-0.1, -0.05) is 265 Å². The number of carbonyl (C=O) groups excluding carboxylic acids is 1. The van der Waals surface area contributed by atoms with Crippen molar-refractivity contribution in [2.45, 2.75) is 301 Å². The van der Waals surface area contributed by atoms with Gasteiger partial charge in [0.05, 0.1) is 25.4 Å². The van der Waals surface area contributed by atoms with Crippen LogP contribution in [0.5, 0.6) is 0 Å².